The first-order valence-electron chi connectivity index (χ1n) is 10.7. The standard InChI is InChI=1S/C23H27N5O3S2/c1-14(2)22-21-19(13-28(22)12-17-8-5-15(3)26-27-17)32-23(25-21)24-20(29)11-16-6-9-18(10-7-16)33(4,30)31/h5-10,14,22H,11-13H2,1-4H3,(H,24,25,29)/t22-/m0/s1. The van der Waals surface area contributed by atoms with Gasteiger partial charge in [-0.1, -0.05) is 26.0 Å². The van der Waals surface area contributed by atoms with E-state index in [1.807, 2.05) is 19.1 Å². The van der Waals surface area contributed by atoms with E-state index in [1.165, 1.54) is 23.5 Å². The molecule has 0 spiro atoms. The van der Waals surface area contributed by atoms with E-state index in [0.29, 0.717) is 17.6 Å². The molecule has 8 nitrogen and oxygen atoms in total. The number of amides is 1. The molecule has 1 atom stereocenters. The largest absolute Gasteiger partial charge is 0.302 e. The maximum atomic E-state index is 12.6. The van der Waals surface area contributed by atoms with Gasteiger partial charge in [0.15, 0.2) is 15.0 Å². The van der Waals surface area contributed by atoms with Crippen molar-refractivity contribution in [2.24, 2.45) is 5.92 Å². The fourth-order valence-electron chi connectivity index (χ4n) is 4.03. The SMILES string of the molecule is Cc1ccc(CN2Cc3sc(NC(=O)Cc4ccc(S(C)(=O)=O)cc4)nc3[C@@H]2C(C)C)nn1. The van der Waals surface area contributed by atoms with Crippen molar-refractivity contribution in [3.8, 4) is 0 Å². The number of aryl methyl sites for hydroxylation is 1. The Morgan fingerprint density at radius 3 is 2.52 bits per heavy atom. The van der Waals surface area contributed by atoms with Gasteiger partial charge in [0.05, 0.1) is 34.4 Å². The Morgan fingerprint density at radius 1 is 1.18 bits per heavy atom. The van der Waals surface area contributed by atoms with Crippen LogP contribution >= 0.6 is 11.3 Å². The number of hydrogen-bond acceptors (Lipinski definition) is 8. The van der Waals surface area contributed by atoms with E-state index in [0.717, 1.165) is 40.3 Å². The number of nitrogens with one attached hydrogen (secondary N) is 1. The lowest BCUT2D eigenvalue weighted by Crippen LogP contribution is -2.26. The van der Waals surface area contributed by atoms with Crippen LogP contribution in [-0.2, 0) is 34.1 Å². The molecule has 0 bridgehead atoms. The fraction of sp³-hybridized carbons (Fsp3) is 0.391. The highest BCUT2D eigenvalue weighted by Gasteiger charge is 2.36. The lowest BCUT2D eigenvalue weighted by Gasteiger charge is -2.27. The number of benzene rings is 1. The number of anilines is 1. The summed E-state index contributed by atoms with van der Waals surface area (Å²) in [5.41, 5.74) is 3.59. The first kappa shape index (κ1) is 23.5. The van der Waals surface area contributed by atoms with E-state index < -0.39 is 9.84 Å². The summed E-state index contributed by atoms with van der Waals surface area (Å²) in [5, 5.41) is 12.0. The zero-order chi connectivity index (χ0) is 23.8. The number of hydrogen-bond donors (Lipinski definition) is 1. The average molecular weight is 486 g/mol. The third-order valence-corrected chi connectivity index (χ3v) is 7.66. The molecule has 0 saturated carbocycles. The third kappa shape index (κ3) is 5.45. The number of carbonyl (C=O) groups is 1. The van der Waals surface area contributed by atoms with Crippen LogP contribution in [0.25, 0.3) is 0 Å². The Hall–Kier alpha value is -2.69. The van der Waals surface area contributed by atoms with Crippen LogP contribution in [0.15, 0.2) is 41.3 Å². The van der Waals surface area contributed by atoms with Crippen LogP contribution in [0.1, 0.15) is 47.4 Å². The van der Waals surface area contributed by atoms with Crippen LogP contribution in [0.3, 0.4) is 0 Å². The molecule has 1 aromatic carbocycles. The quantitative estimate of drug-likeness (QED) is 0.546. The molecular formula is C23H27N5O3S2. The summed E-state index contributed by atoms with van der Waals surface area (Å²) in [5.74, 6) is 0.172. The van der Waals surface area contributed by atoms with Gasteiger partial charge in [0, 0.05) is 24.2 Å². The molecule has 1 N–H and O–H groups in total. The zero-order valence-corrected chi connectivity index (χ0v) is 20.7. The van der Waals surface area contributed by atoms with Crippen LogP contribution in [-0.4, -0.2) is 40.7 Å². The monoisotopic (exact) mass is 485 g/mol. The number of rotatable bonds is 7. The second-order valence-electron chi connectivity index (χ2n) is 8.73. The Bertz CT molecular complexity index is 1250. The van der Waals surface area contributed by atoms with Crippen molar-refractivity contribution in [1.29, 1.82) is 0 Å². The van der Waals surface area contributed by atoms with Crippen molar-refractivity contribution in [3.05, 3.63) is 63.9 Å². The lowest BCUT2D eigenvalue weighted by molar-refractivity contribution is -0.115. The molecule has 4 rings (SSSR count). The molecule has 0 saturated heterocycles. The van der Waals surface area contributed by atoms with Crippen molar-refractivity contribution in [2.75, 3.05) is 11.6 Å². The normalized spacial score (nSPS) is 16.2. The van der Waals surface area contributed by atoms with Crippen LogP contribution in [0, 0.1) is 12.8 Å². The van der Waals surface area contributed by atoms with Crippen molar-refractivity contribution < 1.29 is 13.2 Å². The van der Waals surface area contributed by atoms with Crippen LogP contribution < -0.4 is 5.32 Å². The Balaban J connectivity index is 1.42. The van der Waals surface area contributed by atoms with Gasteiger partial charge in [0.2, 0.25) is 5.91 Å². The first-order valence-corrected chi connectivity index (χ1v) is 13.4. The van der Waals surface area contributed by atoms with E-state index in [4.69, 9.17) is 4.98 Å². The number of nitrogens with zero attached hydrogens (tertiary/aromatic N) is 4. The van der Waals surface area contributed by atoms with Crippen molar-refractivity contribution >= 4 is 32.2 Å². The summed E-state index contributed by atoms with van der Waals surface area (Å²) in [6.07, 6.45) is 1.32. The molecule has 10 heteroatoms. The second-order valence-corrected chi connectivity index (χ2v) is 11.8. The summed E-state index contributed by atoms with van der Waals surface area (Å²) >= 11 is 1.50. The third-order valence-electron chi connectivity index (χ3n) is 5.56. The van der Waals surface area contributed by atoms with Gasteiger partial charge in [-0.3, -0.25) is 9.69 Å². The van der Waals surface area contributed by atoms with Crippen LogP contribution in [0.5, 0.6) is 0 Å². The van der Waals surface area contributed by atoms with Gasteiger partial charge in [-0.15, -0.1) is 11.3 Å². The van der Waals surface area contributed by atoms with E-state index in [9.17, 15) is 13.2 Å². The summed E-state index contributed by atoms with van der Waals surface area (Å²) < 4.78 is 23.2. The molecule has 174 valence electrons. The highest BCUT2D eigenvalue weighted by molar-refractivity contribution is 7.90. The molecule has 1 amide bonds. The fourth-order valence-corrected chi connectivity index (χ4v) is 5.71. The highest BCUT2D eigenvalue weighted by atomic mass is 32.2. The highest BCUT2D eigenvalue weighted by Crippen LogP contribution is 2.42. The zero-order valence-electron chi connectivity index (χ0n) is 19.1. The molecule has 0 fully saturated rings. The number of fused-ring (bicyclic) bond motifs is 1. The summed E-state index contributed by atoms with van der Waals surface area (Å²) in [4.78, 5) is 21.1. The van der Waals surface area contributed by atoms with Gasteiger partial charge in [-0.25, -0.2) is 13.4 Å². The minimum atomic E-state index is -3.25. The summed E-state index contributed by atoms with van der Waals surface area (Å²) in [6, 6.07) is 10.5. The van der Waals surface area contributed by atoms with Gasteiger partial charge in [-0.2, -0.15) is 10.2 Å². The van der Waals surface area contributed by atoms with Gasteiger partial charge in [-0.05, 0) is 42.7 Å². The maximum Gasteiger partial charge on any atom is 0.230 e. The number of thiazole rings is 1. The maximum absolute atomic E-state index is 12.6. The minimum Gasteiger partial charge on any atom is -0.302 e. The lowest BCUT2D eigenvalue weighted by atomic mass is 10.0. The van der Waals surface area contributed by atoms with Crippen molar-refractivity contribution in [2.45, 2.75) is 51.2 Å². The molecule has 33 heavy (non-hydrogen) atoms. The second kappa shape index (κ2) is 9.28. The predicted octanol–water partition coefficient (Wildman–Crippen LogP) is 3.54. The Kier molecular flexibility index (Phi) is 6.60. The summed E-state index contributed by atoms with van der Waals surface area (Å²) in [6.45, 7) is 7.72. The van der Waals surface area contributed by atoms with Gasteiger partial charge in [0.1, 0.15) is 0 Å². The van der Waals surface area contributed by atoms with Crippen LogP contribution in [0.4, 0.5) is 5.13 Å². The predicted molar refractivity (Wildman–Crippen MR) is 128 cm³/mol. The van der Waals surface area contributed by atoms with Gasteiger partial charge < -0.3 is 5.32 Å². The summed E-state index contributed by atoms with van der Waals surface area (Å²) in [7, 11) is -3.25. The molecule has 0 aliphatic carbocycles. The van der Waals surface area contributed by atoms with Gasteiger partial charge >= 0.3 is 0 Å². The molecule has 0 unspecified atom stereocenters. The van der Waals surface area contributed by atoms with E-state index >= 15 is 0 Å². The molecule has 3 heterocycles. The van der Waals surface area contributed by atoms with E-state index in [2.05, 4.69) is 34.3 Å². The smallest absolute Gasteiger partial charge is 0.230 e. The molecular weight excluding hydrogens is 458 g/mol. The van der Waals surface area contributed by atoms with E-state index in [1.54, 1.807) is 12.1 Å². The molecule has 1 aliphatic rings. The van der Waals surface area contributed by atoms with Crippen LogP contribution in [0.2, 0.25) is 0 Å². The van der Waals surface area contributed by atoms with Crippen molar-refractivity contribution in [3.63, 3.8) is 0 Å². The molecule has 1 aliphatic heterocycles. The number of aromatic nitrogens is 3. The Morgan fingerprint density at radius 2 is 1.91 bits per heavy atom. The average Bonchev–Trinajstić information content (AvgIpc) is 3.25. The molecule has 3 aromatic rings. The molecule has 2 aromatic heterocycles. The Labute approximate surface area is 198 Å². The topological polar surface area (TPSA) is 105 Å². The minimum absolute atomic E-state index is 0.147. The number of sulfone groups is 1. The first-order chi connectivity index (χ1) is 15.6. The van der Waals surface area contributed by atoms with E-state index in [-0.39, 0.29) is 23.3 Å². The van der Waals surface area contributed by atoms with Crippen molar-refractivity contribution in [1.82, 2.24) is 20.1 Å². The molecule has 0 radical (unpaired) electrons. The number of carbonyl (C=O) groups excluding carboxylic acids is 1. The van der Waals surface area contributed by atoms with Gasteiger partial charge in [0.25, 0.3) is 0 Å².